The maximum absolute atomic E-state index is 7.03. The van der Waals surface area contributed by atoms with Gasteiger partial charge in [-0.25, -0.2) is 0 Å². The van der Waals surface area contributed by atoms with E-state index in [4.69, 9.17) is 19.3 Å². The molecule has 1 aliphatic heterocycles. The molecule has 0 saturated carbocycles. The Balaban J connectivity index is 0.873. The van der Waals surface area contributed by atoms with E-state index in [1.165, 1.54) is 22.1 Å². The van der Waals surface area contributed by atoms with Gasteiger partial charge >= 0.3 is 0 Å². The lowest BCUT2D eigenvalue weighted by Gasteiger charge is -2.29. The SMILES string of the molecule is NC(NC(NCc1cccc2c1oc1cc(-c3cccc4c3OC3C(C5C=Cc6oc7ccccc7c6C5)=CC=CC43)ccc12)c1ccccc1)c1ccccc1. The number of allylic oxidation sites excluding steroid dienone is 3. The summed E-state index contributed by atoms with van der Waals surface area (Å²) in [5.41, 5.74) is 18.5. The van der Waals surface area contributed by atoms with Crippen molar-refractivity contribution in [3.63, 3.8) is 0 Å². The Morgan fingerprint density at radius 1 is 0.702 bits per heavy atom. The summed E-state index contributed by atoms with van der Waals surface area (Å²) in [5, 5.41) is 10.7. The molecular formula is C51H41N3O3. The molecule has 5 unspecified atom stereocenters. The molecule has 5 atom stereocenters. The summed E-state index contributed by atoms with van der Waals surface area (Å²) < 4.78 is 19.9. The fourth-order valence-corrected chi connectivity index (χ4v) is 9.15. The van der Waals surface area contributed by atoms with E-state index in [9.17, 15) is 0 Å². The van der Waals surface area contributed by atoms with Gasteiger partial charge < -0.3 is 19.3 Å². The van der Waals surface area contributed by atoms with Gasteiger partial charge in [-0.1, -0.05) is 146 Å². The van der Waals surface area contributed by atoms with Crippen molar-refractivity contribution < 1.29 is 13.6 Å². The maximum Gasteiger partial charge on any atom is 0.139 e. The Morgan fingerprint density at radius 3 is 2.37 bits per heavy atom. The molecule has 0 fully saturated rings. The Morgan fingerprint density at radius 2 is 1.49 bits per heavy atom. The van der Waals surface area contributed by atoms with Gasteiger partial charge in [0.05, 0.1) is 12.3 Å². The van der Waals surface area contributed by atoms with Gasteiger partial charge in [0.2, 0.25) is 0 Å². The molecule has 6 aromatic carbocycles. The van der Waals surface area contributed by atoms with E-state index in [0.29, 0.717) is 6.54 Å². The minimum atomic E-state index is -0.342. The Labute approximate surface area is 331 Å². The van der Waals surface area contributed by atoms with Crippen LogP contribution in [0.1, 0.15) is 51.8 Å². The first-order valence-corrected chi connectivity index (χ1v) is 19.8. The van der Waals surface area contributed by atoms with Crippen LogP contribution in [0.5, 0.6) is 5.75 Å². The van der Waals surface area contributed by atoms with E-state index in [1.54, 1.807) is 0 Å². The van der Waals surface area contributed by atoms with Crippen molar-refractivity contribution in [1.82, 2.24) is 10.6 Å². The van der Waals surface area contributed by atoms with Gasteiger partial charge in [0, 0.05) is 56.8 Å². The van der Waals surface area contributed by atoms with Crippen molar-refractivity contribution in [2.75, 3.05) is 0 Å². The summed E-state index contributed by atoms with van der Waals surface area (Å²) in [5.74, 6) is 2.30. The maximum atomic E-state index is 7.03. The summed E-state index contributed by atoms with van der Waals surface area (Å²) in [6.07, 6.45) is 11.5. The summed E-state index contributed by atoms with van der Waals surface area (Å²) in [4.78, 5) is 0. The molecule has 278 valence electrons. The Hall–Kier alpha value is -6.44. The van der Waals surface area contributed by atoms with Gasteiger partial charge in [-0.3, -0.25) is 10.6 Å². The zero-order valence-electron chi connectivity index (χ0n) is 31.3. The first-order chi connectivity index (χ1) is 28.2. The molecule has 57 heavy (non-hydrogen) atoms. The molecule has 0 radical (unpaired) electrons. The smallest absolute Gasteiger partial charge is 0.139 e. The summed E-state index contributed by atoms with van der Waals surface area (Å²) in [6, 6.07) is 48.3. The van der Waals surface area contributed by atoms with Crippen LogP contribution in [0.3, 0.4) is 0 Å². The third kappa shape index (κ3) is 5.92. The second-order valence-electron chi connectivity index (χ2n) is 15.3. The molecule has 3 heterocycles. The normalized spacial score (nSPS) is 19.2. The molecule has 8 aromatic rings. The largest absolute Gasteiger partial charge is 0.484 e. The lowest BCUT2D eigenvalue weighted by Crippen LogP contribution is -2.39. The number of nitrogens with two attached hydrogens (primary N) is 1. The molecule has 0 saturated heterocycles. The zero-order chi connectivity index (χ0) is 37.9. The second-order valence-corrected chi connectivity index (χ2v) is 15.3. The van der Waals surface area contributed by atoms with Crippen LogP contribution in [0.15, 0.2) is 178 Å². The molecule has 3 aliphatic rings. The van der Waals surface area contributed by atoms with Crippen molar-refractivity contribution in [3.05, 3.63) is 203 Å². The van der Waals surface area contributed by atoms with E-state index < -0.39 is 0 Å². The molecule has 6 heteroatoms. The van der Waals surface area contributed by atoms with Crippen LogP contribution < -0.4 is 21.1 Å². The monoisotopic (exact) mass is 743 g/mol. The predicted octanol–water partition coefficient (Wildman–Crippen LogP) is 11.3. The van der Waals surface area contributed by atoms with Crippen LogP contribution >= 0.6 is 0 Å². The number of rotatable bonds is 9. The van der Waals surface area contributed by atoms with Crippen molar-refractivity contribution in [3.8, 4) is 16.9 Å². The predicted molar refractivity (Wildman–Crippen MR) is 229 cm³/mol. The fraction of sp³-hybridized carbons (Fsp3) is 0.137. The van der Waals surface area contributed by atoms with Crippen molar-refractivity contribution in [2.24, 2.45) is 11.7 Å². The number of hydrogen-bond acceptors (Lipinski definition) is 6. The van der Waals surface area contributed by atoms with Gasteiger partial charge in [-0.15, -0.1) is 0 Å². The number of fused-ring (bicyclic) bond motifs is 9. The molecular weight excluding hydrogens is 703 g/mol. The number of furan rings is 2. The molecule has 0 amide bonds. The first-order valence-electron chi connectivity index (χ1n) is 19.8. The van der Waals surface area contributed by atoms with Crippen LogP contribution in [0, 0.1) is 5.92 Å². The van der Waals surface area contributed by atoms with Crippen LogP contribution in [-0.2, 0) is 13.0 Å². The number of ether oxygens (including phenoxy) is 1. The van der Waals surface area contributed by atoms with Crippen LogP contribution in [0.25, 0.3) is 50.1 Å². The topological polar surface area (TPSA) is 85.6 Å². The molecule has 0 spiro atoms. The number of nitrogens with one attached hydrogen (secondary N) is 2. The van der Waals surface area contributed by atoms with E-state index in [-0.39, 0.29) is 30.3 Å². The number of hydrogen-bond donors (Lipinski definition) is 3. The van der Waals surface area contributed by atoms with Gasteiger partial charge in [0.25, 0.3) is 0 Å². The van der Waals surface area contributed by atoms with Crippen LogP contribution in [0.2, 0.25) is 0 Å². The lowest BCUT2D eigenvalue weighted by molar-refractivity contribution is 0.244. The van der Waals surface area contributed by atoms with Gasteiger partial charge in [-0.2, -0.15) is 0 Å². The highest BCUT2D eigenvalue weighted by molar-refractivity contribution is 6.07. The fourth-order valence-electron chi connectivity index (χ4n) is 9.15. The molecule has 4 N–H and O–H groups in total. The average molecular weight is 744 g/mol. The third-order valence-electron chi connectivity index (χ3n) is 12.0. The van der Waals surface area contributed by atoms with Crippen LogP contribution in [0.4, 0.5) is 0 Å². The molecule has 0 bridgehead atoms. The average Bonchev–Trinajstić information content (AvgIpc) is 3.97. The summed E-state index contributed by atoms with van der Waals surface area (Å²) in [7, 11) is 0. The van der Waals surface area contributed by atoms with Crippen molar-refractivity contribution >= 4 is 39.0 Å². The van der Waals surface area contributed by atoms with Crippen molar-refractivity contribution in [1.29, 1.82) is 0 Å². The third-order valence-corrected chi connectivity index (χ3v) is 12.0. The standard InChI is InChI=1S/C51H41N3O3/c52-50(31-12-3-1-4-13-31)54-51(32-14-5-2-6-15-32)53-30-35-16-9-20-40-39-26-24-34(29-46(39)56-47(35)40)37-19-11-22-42-41-21-10-18-36(48(41)57-49(37)42)33-25-27-45-43(28-33)38-17-7-8-23-44(38)55-45/h1-27,29,33,41,48,50-51,53-54H,28,30,52H2. The van der Waals surface area contributed by atoms with E-state index in [0.717, 1.165) is 73.3 Å². The highest BCUT2D eigenvalue weighted by Crippen LogP contribution is 2.51. The van der Waals surface area contributed by atoms with Gasteiger partial charge in [-0.05, 0) is 53.0 Å². The number of para-hydroxylation sites is 3. The Bertz CT molecular complexity index is 2880. The first kappa shape index (κ1) is 33.9. The summed E-state index contributed by atoms with van der Waals surface area (Å²) in [6.45, 7) is 0.582. The molecule has 2 aliphatic carbocycles. The molecule has 2 aromatic heterocycles. The lowest BCUT2D eigenvalue weighted by atomic mass is 9.77. The van der Waals surface area contributed by atoms with E-state index in [2.05, 4.69) is 138 Å². The zero-order valence-corrected chi connectivity index (χ0v) is 31.3. The van der Waals surface area contributed by atoms with E-state index >= 15 is 0 Å². The Kier molecular flexibility index (Phi) is 8.28. The van der Waals surface area contributed by atoms with Crippen molar-refractivity contribution in [2.45, 2.75) is 37.3 Å². The van der Waals surface area contributed by atoms with Gasteiger partial charge in [0.15, 0.2) is 0 Å². The van der Waals surface area contributed by atoms with E-state index in [1.807, 2.05) is 42.5 Å². The highest BCUT2D eigenvalue weighted by atomic mass is 16.5. The minimum Gasteiger partial charge on any atom is -0.484 e. The highest BCUT2D eigenvalue weighted by Gasteiger charge is 2.40. The second kappa shape index (κ2) is 13.9. The molecule has 11 rings (SSSR count). The minimum absolute atomic E-state index is 0.0676. The summed E-state index contributed by atoms with van der Waals surface area (Å²) >= 11 is 0. The van der Waals surface area contributed by atoms with Crippen LogP contribution in [-0.4, -0.2) is 6.10 Å². The molecule has 6 nitrogen and oxygen atoms in total. The van der Waals surface area contributed by atoms with Gasteiger partial charge in [0.1, 0.15) is 34.4 Å². The number of benzene rings is 6. The quantitative estimate of drug-likeness (QED) is 0.128.